The number of likely N-dealkylation sites (tertiary alicyclic amines) is 1. The Kier molecular flexibility index (Phi) is 4.37. The number of rotatable bonds is 3. The van der Waals surface area contributed by atoms with Crippen molar-refractivity contribution >= 4 is 5.91 Å². The molecule has 1 heterocycles. The van der Waals surface area contributed by atoms with Gasteiger partial charge in [-0.1, -0.05) is 6.07 Å². The lowest BCUT2D eigenvalue weighted by Gasteiger charge is -2.32. The van der Waals surface area contributed by atoms with Gasteiger partial charge in [0.25, 0.3) is 5.91 Å². The average Bonchev–Trinajstić information content (AvgIpc) is 2.46. The second kappa shape index (κ2) is 6.02. The number of piperidine rings is 1. The van der Waals surface area contributed by atoms with E-state index in [0.717, 1.165) is 12.8 Å². The van der Waals surface area contributed by atoms with Crippen molar-refractivity contribution in [2.75, 3.05) is 27.2 Å². The molecule has 1 aliphatic rings. The van der Waals surface area contributed by atoms with Crippen LogP contribution in [0, 0.1) is 5.82 Å². The molecule has 0 bridgehead atoms. The fourth-order valence-corrected chi connectivity index (χ4v) is 2.44. The number of methoxy groups -OCH3 is 1. The minimum Gasteiger partial charge on any atom is -0.496 e. The smallest absolute Gasteiger partial charge is 0.260 e. The molecule has 1 fully saturated rings. The maximum absolute atomic E-state index is 13.9. The highest BCUT2D eigenvalue weighted by Gasteiger charge is 2.27. The summed E-state index contributed by atoms with van der Waals surface area (Å²) in [6.45, 7) is 1.27. The molecular weight excluding hydrogens is 247 g/mol. The third kappa shape index (κ3) is 2.87. The van der Waals surface area contributed by atoms with Crippen molar-refractivity contribution < 1.29 is 13.9 Å². The van der Waals surface area contributed by atoms with E-state index in [4.69, 9.17) is 4.74 Å². The number of ether oxygens (including phenoxy) is 1. The van der Waals surface area contributed by atoms with Crippen LogP contribution in [0.5, 0.6) is 5.75 Å². The lowest BCUT2D eigenvalue weighted by Crippen LogP contribution is -2.47. The molecule has 0 aromatic heterocycles. The molecule has 0 spiro atoms. The zero-order valence-corrected chi connectivity index (χ0v) is 11.3. The van der Waals surface area contributed by atoms with Gasteiger partial charge in [0.15, 0.2) is 0 Å². The molecule has 1 amide bonds. The molecule has 0 radical (unpaired) electrons. The number of amides is 1. The number of carbonyl (C=O) groups is 1. The Balaban J connectivity index is 2.24. The molecule has 1 atom stereocenters. The van der Waals surface area contributed by atoms with Crippen molar-refractivity contribution in [1.82, 2.24) is 10.2 Å². The van der Waals surface area contributed by atoms with E-state index >= 15 is 0 Å². The largest absolute Gasteiger partial charge is 0.496 e. The molecule has 1 N–H and O–H groups in total. The number of nitrogens with one attached hydrogen (secondary N) is 1. The maximum Gasteiger partial charge on any atom is 0.260 e. The quantitative estimate of drug-likeness (QED) is 0.904. The lowest BCUT2D eigenvalue weighted by atomic mass is 10.0. The second-order valence-electron chi connectivity index (χ2n) is 4.70. The van der Waals surface area contributed by atoms with Gasteiger partial charge in [-0.2, -0.15) is 0 Å². The first-order valence-electron chi connectivity index (χ1n) is 6.46. The third-order valence-corrected chi connectivity index (χ3v) is 3.53. The number of carbonyl (C=O) groups excluding carboxylic acids is 1. The number of likely N-dealkylation sites (N-methyl/N-ethyl adjacent to an activating group) is 1. The lowest BCUT2D eigenvalue weighted by molar-refractivity contribution is 0.0690. The van der Waals surface area contributed by atoms with Crippen LogP contribution in [0.15, 0.2) is 18.2 Å². The summed E-state index contributed by atoms with van der Waals surface area (Å²) in [6.07, 6.45) is 1.96. The molecule has 1 unspecified atom stereocenters. The summed E-state index contributed by atoms with van der Waals surface area (Å²) < 4.78 is 19.0. The van der Waals surface area contributed by atoms with E-state index in [1.165, 1.54) is 19.2 Å². The van der Waals surface area contributed by atoms with Gasteiger partial charge in [0, 0.05) is 19.1 Å². The normalized spacial score (nSPS) is 19.3. The molecule has 5 heteroatoms. The summed E-state index contributed by atoms with van der Waals surface area (Å²) in [4.78, 5) is 14.1. The Morgan fingerprint density at radius 3 is 3.00 bits per heavy atom. The monoisotopic (exact) mass is 266 g/mol. The first-order valence-corrected chi connectivity index (χ1v) is 6.46. The van der Waals surface area contributed by atoms with Gasteiger partial charge in [-0.25, -0.2) is 4.39 Å². The van der Waals surface area contributed by atoms with Crippen LogP contribution in [-0.4, -0.2) is 44.1 Å². The molecule has 4 nitrogen and oxygen atoms in total. The number of benzene rings is 1. The molecule has 0 aliphatic carbocycles. The van der Waals surface area contributed by atoms with Gasteiger partial charge < -0.3 is 15.0 Å². The van der Waals surface area contributed by atoms with Gasteiger partial charge >= 0.3 is 0 Å². The SMILES string of the molecule is CNC1CCCN(C(=O)c2c(F)cccc2OC)C1. The summed E-state index contributed by atoms with van der Waals surface area (Å²) in [7, 11) is 3.32. The van der Waals surface area contributed by atoms with E-state index in [-0.39, 0.29) is 23.3 Å². The highest BCUT2D eigenvalue weighted by Crippen LogP contribution is 2.24. The van der Waals surface area contributed by atoms with Crippen LogP contribution in [0.3, 0.4) is 0 Å². The Hall–Kier alpha value is -1.62. The molecule has 1 aromatic rings. The zero-order valence-electron chi connectivity index (χ0n) is 11.3. The van der Waals surface area contributed by atoms with Crippen LogP contribution < -0.4 is 10.1 Å². The number of hydrogen-bond acceptors (Lipinski definition) is 3. The molecule has 2 rings (SSSR count). The van der Waals surface area contributed by atoms with Crippen molar-refractivity contribution in [3.8, 4) is 5.75 Å². The van der Waals surface area contributed by atoms with Gasteiger partial charge in [-0.15, -0.1) is 0 Å². The Bertz CT molecular complexity index is 465. The molecule has 1 aliphatic heterocycles. The zero-order chi connectivity index (χ0) is 13.8. The van der Waals surface area contributed by atoms with Crippen LogP contribution in [0.1, 0.15) is 23.2 Å². The fraction of sp³-hybridized carbons (Fsp3) is 0.500. The van der Waals surface area contributed by atoms with E-state index in [9.17, 15) is 9.18 Å². The first kappa shape index (κ1) is 13.8. The van der Waals surface area contributed by atoms with E-state index in [1.807, 2.05) is 7.05 Å². The second-order valence-corrected chi connectivity index (χ2v) is 4.70. The molecular formula is C14H19FN2O2. The predicted molar refractivity (Wildman–Crippen MR) is 70.9 cm³/mol. The fourth-order valence-electron chi connectivity index (χ4n) is 2.44. The Morgan fingerprint density at radius 2 is 2.32 bits per heavy atom. The highest BCUT2D eigenvalue weighted by molar-refractivity contribution is 5.97. The van der Waals surface area contributed by atoms with Crippen molar-refractivity contribution in [2.24, 2.45) is 0 Å². The van der Waals surface area contributed by atoms with Crippen molar-refractivity contribution in [3.63, 3.8) is 0 Å². The average molecular weight is 266 g/mol. The molecule has 104 valence electrons. The van der Waals surface area contributed by atoms with Crippen LogP contribution in [0.2, 0.25) is 0 Å². The Morgan fingerprint density at radius 1 is 1.53 bits per heavy atom. The minimum atomic E-state index is -0.532. The van der Waals surface area contributed by atoms with E-state index in [0.29, 0.717) is 13.1 Å². The number of halogens is 1. The van der Waals surface area contributed by atoms with Gasteiger partial charge in [0.05, 0.1) is 7.11 Å². The topological polar surface area (TPSA) is 41.6 Å². The van der Waals surface area contributed by atoms with Crippen LogP contribution in [-0.2, 0) is 0 Å². The third-order valence-electron chi connectivity index (χ3n) is 3.53. The number of hydrogen-bond donors (Lipinski definition) is 1. The molecule has 1 aromatic carbocycles. The molecule has 0 saturated carbocycles. The Labute approximate surface area is 112 Å². The maximum atomic E-state index is 13.9. The highest BCUT2D eigenvalue weighted by atomic mass is 19.1. The van der Waals surface area contributed by atoms with Gasteiger partial charge in [0.1, 0.15) is 17.1 Å². The summed E-state index contributed by atoms with van der Waals surface area (Å²) in [6, 6.07) is 4.71. The van der Waals surface area contributed by atoms with Crippen molar-refractivity contribution in [2.45, 2.75) is 18.9 Å². The number of nitrogens with zero attached hydrogens (tertiary/aromatic N) is 1. The molecule has 1 saturated heterocycles. The van der Waals surface area contributed by atoms with Crippen molar-refractivity contribution in [3.05, 3.63) is 29.6 Å². The van der Waals surface area contributed by atoms with E-state index in [1.54, 1.807) is 11.0 Å². The predicted octanol–water partition coefficient (Wildman–Crippen LogP) is 1.66. The standard InChI is InChI=1S/C14H19FN2O2/c1-16-10-5-4-8-17(9-10)14(18)13-11(15)6-3-7-12(13)19-2/h3,6-7,10,16H,4-5,8-9H2,1-2H3. The molecule has 19 heavy (non-hydrogen) atoms. The summed E-state index contributed by atoms with van der Waals surface area (Å²) >= 11 is 0. The van der Waals surface area contributed by atoms with E-state index in [2.05, 4.69) is 5.32 Å². The summed E-state index contributed by atoms with van der Waals surface area (Å²) in [5, 5.41) is 3.16. The summed E-state index contributed by atoms with van der Waals surface area (Å²) in [5.41, 5.74) is 0.0294. The van der Waals surface area contributed by atoms with Crippen LogP contribution in [0.25, 0.3) is 0 Å². The van der Waals surface area contributed by atoms with Crippen LogP contribution in [0.4, 0.5) is 4.39 Å². The van der Waals surface area contributed by atoms with E-state index < -0.39 is 5.82 Å². The van der Waals surface area contributed by atoms with Gasteiger partial charge in [0.2, 0.25) is 0 Å². The van der Waals surface area contributed by atoms with Gasteiger partial charge in [-0.3, -0.25) is 4.79 Å². The van der Waals surface area contributed by atoms with Crippen molar-refractivity contribution in [1.29, 1.82) is 0 Å². The van der Waals surface area contributed by atoms with Crippen LogP contribution >= 0.6 is 0 Å². The van der Waals surface area contributed by atoms with Gasteiger partial charge in [-0.05, 0) is 32.0 Å². The minimum absolute atomic E-state index is 0.0294. The summed E-state index contributed by atoms with van der Waals surface area (Å²) in [5.74, 6) is -0.539. The first-order chi connectivity index (χ1) is 9.17.